The molecule has 1 heterocycles. The Morgan fingerprint density at radius 1 is 0.520 bits per heavy atom. The van der Waals surface area contributed by atoms with Crippen LogP contribution < -0.4 is 0 Å². The molecule has 0 saturated heterocycles. The highest BCUT2D eigenvalue weighted by molar-refractivity contribution is 6.18. The topological polar surface area (TPSA) is 28.0 Å². The minimum atomic E-state index is -0.212. The highest BCUT2D eigenvalue weighted by Crippen LogP contribution is 2.49. The second-order valence-corrected chi connectivity index (χ2v) is 13.9. The second kappa shape index (κ2) is 11.8. The Morgan fingerprint density at radius 3 is 1.94 bits per heavy atom. The van der Waals surface area contributed by atoms with Gasteiger partial charge in [0.15, 0.2) is 5.84 Å². The molecule has 1 unspecified atom stereocenters. The first kappa shape index (κ1) is 30.0. The molecular weight excluding hydrogens is 607 g/mol. The molecule has 3 nitrogen and oxygen atoms in total. The van der Waals surface area contributed by atoms with Crippen LogP contribution in [0.1, 0.15) is 47.8 Å². The fourth-order valence-corrected chi connectivity index (χ4v) is 7.92. The molecule has 0 bridgehead atoms. The van der Waals surface area contributed by atoms with E-state index < -0.39 is 0 Å². The summed E-state index contributed by atoms with van der Waals surface area (Å²) in [4.78, 5) is 12.8. The molecule has 0 fully saturated rings. The molecule has 0 radical (unpaired) electrons. The van der Waals surface area contributed by atoms with Crippen LogP contribution >= 0.6 is 0 Å². The van der Waals surface area contributed by atoms with Gasteiger partial charge in [-0.25, -0.2) is 9.98 Å². The van der Waals surface area contributed by atoms with Gasteiger partial charge >= 0.3 is 0 Å². The van der Waals surface area contributed by atoms with Crippen LogP contribution in [-0.2, 0) is 5.41 Å². The maximum atomic E-state index is 5.36. The van der Waals surface area contributed by atoms with E-state index in [1.165, 1.54) is 44.2 Å². The molecule has 0 saturated carbocycles. The van der Waals surface area contributed by atoms with Crippen LogP contribution in [0.4, 0.5) is 0 Å². The molecule has 0 N–H and O–H groups in total. The molecule has 0 amide bonds. The van der Waals surface area contributed by atoms with Gasteiger partial charge in [0.2, 0.25) is 0 Å². The zero-order chi connectivity index (χ0) is 33.8. The Bertz CT molecular complexity index is 2460. The highest BCUT2D eigenvalue weighted by atomic mass is 15.3. The van der Waals surface area contributed by atoms with E-state index in [4.69, 9.17) is 9.98 Å². The maximum absolute atomic E-state index is 5.36. The van der Waals surface area contributed by atoms with Gasteiger partial charge < -0.3 is 4.90 Å². The Kier molecular flexibility index (Phi) is 7.10. The lowest BCUT2D eigenvalue weighted by atomic mass is 9.81. The highest BCUT2D eigenvalue weighted by Gasteiger charge is 2.35. The van der Waals surface area contributed by atoms with Gasteiger partial charge in [0, 0.05) is 29.2 Å². The molecule has 7 aromatic carbocycles. The van der Waals surface area contributed by atoms with E-state index in [-0.39, 0.29) is 11.6 Å². The first-order valence-corrected chi connectivity index (χ1v) is 17.3. The second-order valence-electron chi connectivity index (χ2n) is 13.9. The predicted molar refractivity (Wildman–Crippen MR) is 209 cm³/mol. The van der Waals surface area contributed by atoms with Crippen LogP contribution in [-0.4, -0.2) is 23.6 Å². The summed E-state index contributed by atoms with van der Waals surface area (Å²) in [5, 5.41) is 2.38. The Morgan fingerprint density at radius 2 is 1.14 bits per heavy atom. The van der Waals surface area contributed by atoms with Crippen LogP contribution in [0.2, 0.25) is 0 Å². The lowest BCUT2D eigenvalue weighted by molar-refractivity contribution is 0.383. The molecule has 240 valence electrons. The number of amidine groups is 2. The summed E-state index contributed by atoms with van der Waals surface area (Å²) in [5.41, 5.74) is 13.4. The molecule has 3 heteroatoms. The SMILES string of the molecule is CN1C(c2ccccc2)=NC(c2ccc3ccccc3c2-c2ccc(-c3ccc4c(c3)C(C)(C)c3ccccc3-4)cc2)=NC1c1ccccc1. The van der Waals surface area contributed by atoms with Gasteiger partial charge in [-0.15, -0.1) is 0 Å². The predicted octanol–water partition coefficient (Wildman–Crippen LogP) is 11.3. The van der Waals surface area contributed by atoms with Crippen molar-refractivity contribution in [2.24, 2.45) is 9.98 Å². The standard InChI is InChI=1S/C47H37N3/c1-47(2)41-21-13-12-20-38(41)39-28-27-36(30-42(39)47)31-22-24-33(25-23-31)43-37-19-11-10-14-32(37)26-29-40(43)44-48-45(34-15-6-4-7-16-34)50(3)46(49-44)35-17-8-5-9-18-35/h4-30,45H,1-3H3. The van der Waals surface area contributed by atoms with Crippen molar-refractivity contribution < 1.29 is 0 Å². The van der Waals surface area contributed by atoms with E-state index >= 15 is 0 Å². The monoisotopic (exact) mass is 643 g/mol. The fraction of sp³-hybridized carbons (Fsp3) is 0.106. The third-order valence-electron chi connectivity index (χ3n) is 10.5. The summed E-state index contributed by atoms with van der Waals surface area (Å²) in [5.74, 6) is 1.64. The summed E-state index contributed by atoms with van der Waals surface area (Å²) in [6.07, 6.45) is -0.212. The number of aliphatic imine (C=N–C) groups is 2. The van der Waals surface area contributed by atoms with E-state index in [1.54, 1.807) is 0 Å². The third-order valence-corrected chi connectivity index (χ3v) is 10.5. The molecule has 2 aliphatic rings. The average molecular weight is 644 g/mol. The third kappa shape index (κ3) is 4.89. The molecule has 1 aliphatic heterocycles. The molecule has 1 atom stereocenters. The van der Waals surface area contributed by atoms with Gasteiger partial charge in [0.1, 0.15) is 12.0 Å². The van der Waals surface area contributed by atoms with Crippen molar-refractivity contribution in [1.82, 2.24) is 4.90 Å². The summed E-state index contributed by atoms with van der Waals surface area (Å²) >= 11 is 0. The van der Waals surface area contributed by atoms with Gasteiger partial charge in [-0.2, -0.15) is 0 Å². The van der Waals surface area contributed by atoms with E-state index in [0.717, 1.165) is 39.5 Å². The summed E-state index contributed by atoms with van der Waals surface area (Å²) in [7, 11) is 2.09. The average Bonchev–Trinajstić information content (AvgIpc) is 3.40. The lowest BCUT2D eigenvalue weighted by Crippen LogP contribution is -2.35. The molecule has 9 rings (SSSR count). The molecular formula is C47H37N3. The molecule has 0 aromatic heterocycles. The van der Waals surface area contributed by atoms with E-state index in [0.29, 0.717) is 0 Å². The number of nitrogens with zero attached hydrogens (tertiary/aromatic N) is 3. The lowest BCUT2D eigenvalue weighted by Gasteiger charge is -2.33. The Hall–Kier alpha value is -6.06. The van der Waals surface area contributed by atoms with Crippen LogP contribution in [0.5, 0.6) is 0 Å². The normalized spacial score (nSPS) is 16.1. The van der Waals surface area contributed by atoms with Crippen molar-refractivity contribution in [2.75, 3.05) is 7.05 Å². The van der Waals surface area contributed by atoms with Crippen molar-refractivity contribution >= 4 is 22.4 Å². The van der Waals surface area contributed by atoms with Gasteiger partial charge in [-0.1, -0.05) is 166 Å². The van der Waals surface area contributed by atoms with Crippen molar-refractivity contribution in [3.63, 3.8) is 0 Å². The molecule has 0 spiro atoms. The zero-order valence-corrected chi connectivity index (χ0v) is 28.5. The van der Waals surface area contributed by atoms with E-state index in [1.807, 2.05) is 6.07 Å². The summed E-state index contributed by atoms with van der Waals surface area (Å²) < 4.78 is 0. The van der Waals surface area contributed by atoms with Gasteiger partial charge in [-0.3, -0.25) is 0 Å². The maximum Gasteiger partial charge on any atom is 0.160 e. The smallest absolute Gasteiger partial charge is 0.160 e. The number of rotatable bonds is 5. The van der Waals surface area contributed by atoms with Crippen molar-refractivity contribution in [2.45, 2.75) is 25.4 Å². The quantitative estimate of drug-likeness (QED) is 0.183. The summed E-state index contributed by atoms with van der Waals surface area (Å²) in [6, 6.07) is 58.8. The first-order chi connectivity index (χ1) is 24.5. The minimum absolute atomic E-state index is 0.0365. The van der Waals surface area contributed by atoms with Crippen LogP contribution in [0.25, 0.3) is 44.2 Å². The minimum Gasteiger partial charge on any atom is -0.333 e. The van der Waals surface area contributed by atoms with Crippen molar-refractivity contribution in [3.05, 3.63) is 192 Å². The van der Waals surface area contributed by atoms with Crippen LogP contribution in [0.15, 0.2) is 174 Å². The number of benzene rings is 7. The Labute approximate surface area is 293 Å². The largest absolute Gasteiger partial charge is 0.333 e. The number of hydrogen-bond donors (Lipinski definition) is 0. The number of fused-ring (bicyclic) bond motifs is 4. The summed E-state index contributed by atoms with van der Waals surface area (Å²) in [6.45, 7) is 4.68. The van der Waals surface area contributed by atoms with E-state index in [2.05, 4.69) is 184 Å². The van der Waals surface area contributed by atoms with Gasteiger partial charge in [0.25, 0.3) is 0 Å². The molecule has 50 heavy (non-hydrogen) atoms. The van der Waals surface area contributed by atoms with Crippen molar-refractivity contribution in [3.8, 4) is 33.4 Å². The van der Waals surface area contributed by atoms with Crippen LogP contribution in [0.3, 0.4) is 0 Å². The fourth-order valence-electron chi connectivity index (χ4n) is 7.92. The molecule has 1 aliphatic carbocycles. The molecule has 7 aromatic rings. The van der Waals surface area contributed by atoms with Gasteiger partial charge in [0.05, 0.1) is 0 Å². The number of hydrogen-bond acceptors (Lipinski definition) is 3. The zero-order valence-electron chi connectivity index (χ0n) is 28.5. The van der Waals surface area contributed by atoms with Crippen molar-refractivity contribution in [1.29, 1.82) is 0 Å². The first-order valence-electron chi connectivity index (χ1n) is 17.3. The Balaban J connectivity index is 1.17. The van der Waals surface area contributed by atoms with E-state index in [9.17, 15) is 0 Å². The van der Waals surface area contributed by atoms with Crippen LogP contribution in [0, 0.1) is 0 Å². The van der Waals surface area contributed by atoms with Gasteiger partial charge in [-0.05, 0) is 67.4 Å².